The second kappa shape index (κ2) is 7.11. The first-order chi connectivity index (χ1) is 12.4. The van der Waals surface area contributed by atoms with Gasteiger partial charge in [-0.25, -0.2) is 8.78 Å². The number of benzene rings is 2. The van der Waals surface area contributed by atoms with Crippen molar-refractivity contribution in [1.82, 2.24) is 0 Å². The summed E-state index contributed by atoms with van der Waals surface area (Å²) in [6, 6.07) is 8.29. The van der Waals surface area contributed by atoms with Gasteiger partial charge in [-0.15, -0.1) is 0 Å². The van der Waals surface area contributed by atoms with Crippen LogP contribution in [0.15, 0.2) is 36.4 Å². The van der Waals surface area contributed by atoms with Crippen LogP contribution in [0.25, 0.3) is 0 Å². The Morgan fingerprint density at radius 1 is 1.00 bits per heavy atom. The summed E-state index contributed by atoms with van der Waals surface area (Å²) in [5.74, 6) is -2.86. The summed E-state index contributed by atoms with van der Waals surface area (Å²) in [5.41, 5.74) is 1.38. The molecule has 2 unspecified atom stereocenters. The second-order valence-electron chi connectivity index (χ2n) is 6.26. The van der Waals surface area contributed by atoms with Gasteiger partial charge < -0.3 is 15.4 Å². The Hall–Kier alpha value is -2.96. The van der Waals surface area contributed by atoms with Crippen molar-refractivity contribution in [3.05, 3.63) is 53.6 Å². The third-order valence-corrected chi connectivity index (χ3v) is 4.27. The van der Waals surface area contributed by atoms with E-state index in [4.69, 9.17) is 4.74 Å². The molecule has 2 aromatic carbocycles. The van der Waals surface area contributed by atoms with E-state index < -0.39 is 29.4 Å². The van der Waals surface area contributed by atoms with E-state index in [0.29, 0.717) is 23.9 Å². The van der Waals surface area contributed by atoms with Crippen LogP contribution in [0.4, 0.5) is 20.2 Å². The molecule has 3 rings (SSSR count). The van der Waals surface area contributed by atoms with E-state index in [0.717, 1.165) is 17.7 Å². The third kappa shape index (κ3) is 3.82. The zero-order valence-electron chi connectivity index (χ0n) is 14.3. The molecule has 7 heteroatoms. The van der Waals surface area contributed by atoms with E-state index in [1.54, 1.807) is 12.1 Å². The van der Waals surface area contributed by atoms with Crippen molar-refractivity contribution in [2.75, 3.05) is 17.7 Å². The molecule has 0 saturated heterocycles. The Labute approximate surface area is 149 Å². The second-order valence-corrected chi connectivity index (χ2v) is 6.26. The van der Waals surface area contributed by atoms with Crippen molar-refractivity contribution >= 4 is 23.2 Å². The van der Waals surface area contributed by atoms with Gasteiger partial charge in [0.25, 0.3) is 0 Å². The third-order valence-electron chi connectivity index (χ3n) is 4.27. The molecule has 0 heterocycles. The van der Waals surface area contributed by atoms with Crippen molar-refractivity contribution in [3.63, 3.8) is 0 Å². The van der Waals surface area contributed by atoms with Gasteiger partial charge in [0.1, 0.15) is 17.4 Å². The lowest BCUT2D eigenvalue weighted by Gasteiger charge is -2.11. The molecule has 2 aromatic rings. The van der Waals surface area contributed by atoms with Crippen molar-refractivity contribution in [3.8, 4) is 5.75 Å². The van der Waals surface area contributed by atoms with Gasteiger partial charge in [0.15, 0.2) is 0 Å². The quantitative estimate of drug-likeness (QED) is 0.858. The SMILES string of the molecule is COc1ccc(C)cc1NC(=O)C1CC1C(=O)Nc1ccc(F)cc1F. The van der Waals surface area contributed by atoms with Gasteiger partial charge in [0.05, 0.1) is 30.3 Å². The van der Waals surface area contributed by atoms with E-state index in [-0.39, 0.29) is 11.6 Å². The smallest absolute Gasteiger partial charge is 0.228 e. The molecule has 2 amide bonds. The molecule has 5 nitrogen and oxygen atoms in total. The van der Waals surface area contributed by atoms with E-state index >= 15 is 0 Å². The maximum Gasteiger partial charge on any atom is 0.228 e. The van der Waals surface area contributed by atoms with Crippen LogP contribution in [-0.4, -0.2) is 18.9 Å². The molecule has 1 fully saturated rings. The number of amides is 2. The fourth-order valence-corrected chi connectivity index (χ4v) is 2.74. The summed E-state index contributed by atoms with van der Waals surface area (Å²) >= 11 is 0. The highest BCUT2D eigenvalue weighted by Crippen LogP contribution is 2.41. The zero-order valence-corrected chi connectivity index (χ0v) is 14.3. The van der Waals surface area contributed by atoms with Crippen LogP contribution in [0.5, 0.6) is 5.75 Å². The summed E-state index contributed by atoms with van der Waals surface area (Å²) in [6.45, 7) is 1.89. The predicted molar refractivity (Wildman–Crippen MR) is 92.9 cm³/mol. The fourth-order valence-electron chi connectivity index (χ4n) is 2.74. The topological polar surface area (TPSA) is 67.4 Å². The predicted octanol–water partition coefficient (Wildman–Crippen LogP) is 3.50. The first-order valence-electron chi connectivity index (χ1n) is 8.10. The largest absolute Gasteiger partial charge is 0.495 e. The van der Waals surface area contributed by atoms with Gasteiger partial charge in [0.2, 0.25) is 11.8 Å². The monoisotopic (exact) mass is 360 g/mol. The highest BCUT2D eigenvalue weighted by molar-refractivity contribution is 6.03. The normalized spacial score (nSPS) is 18.2. The average Bonchev–Trinajstić information content (AvgIpc) is 3.38. The number of methoxy groups -OCH3 is 1. The number of anilines is 2. The molecule has 0 bridgehead atoms. The van der Waals surface area contributed by atoms with Gasteiger partial charge in [-0.1, -0.05) is 6.07 Å². The Kier molecular flexibility index (Phi) is 4.88. The van der Waals surface area contributed by atoms with Crippen LogP contribution in [0.1, 0.15) is 12.0 Å². The van der Waals surface area contributed by atoms with Crippen LogP contribution in [0, 0.1) is 30.4 Å². The van der Waals surface area contributed by atoms with Crippen LogP contribution < -0.4 is 15.4 Å². The Bertz CT molecular complexity index is 870. The summed E-state index contributed by atoms with van der Waals surface area (Å²) in [6.07, 6.45) is 0.370. The molecule has 2 N–H and O–H groups in total. The van der Waals surface area contributed by atoms with Gasteiger partial charge in [-0.05, 0) is 43.2 Å². The van der Waals surface area contributed by atoms with E-state index in [1.807, 2.05) is 13.0 Å². The van der Waals surface area contributed by atoms with Gasteiger partial charge in [-0.2, -0.15) is 0 Å². The first-order valence-corrected chi connectivity index (χ1v) is 8.10. The minimum atomic E-state index is -0.857. The number of ether oxygens (including phenoxy) is 1. The number of carbonyl (C=O) groups is 2. The highest BCUT2D eigenvalue weighted by atomic mass is 19.1. The molecule has 0 radical (unpaired) electrons. The molecule has 136 valence electrons. The first kappa shape index (κ1) is 17.8. The van der Waals surface area contributed by atoms with Crippen LogP contribution in [0.2, 0.25) is 0 Å². The maximum atomic E-state index is 13.6. The Morgan fingerprint density at radius 3 is 2.27 bits per heavy atom. The summed E-state index contributed by atoms with van der Waals surface area (Å²) in [7, 11) is 1.50. The number of nitrogens with one attached hydrogen (secondary N) is 2. The molecule has 0 spiro atoms. The minimum Gasteiger partial charge on any atom is -0.495 e. The fraction of sp³-hybridized carbons (Fsp3) is 0.263. The molecule has 2 atom stereocenters. The number of rotatable bonds is 5. The number of carbonyl (C=O) groups excluding carboxylic acids is 2. The van der Waals surface area contributed by atoms with Crippen molar-refractivity contribution < 1.29 is 23.1 Å². The van der Waals surface area contributed by atoms with E-state index in [2.05, 4.69) is 10.6 Å². The molecule has 1 aliphatic carbocycles. The van der Waals surface area contributed by atoms with Gasteiger partial charge in [0, 0.05) is 6.07 Å². The summed E-state index contributed by atoms with van der Waals surface area (Å²) < 4.78 is 31.7. The summed E-state index contributed by atoms with van der Waals surface area (Å²) in [4.78, 5) is 24.5. The molecular weight excluding hydrogens is 342 g/mol. The minimum absolute atomic E-state index is 0.109. The van der Waals surface area contributed by atoms with E-state index in [1.165, 1.54) is 7.11 Å². The zero-order chi connectivity index (χ0) is 18.8. The van der Waals surface area contributed by atoms with Crippen molar-refractivity contribution in [2.45, 2.75) is 13.3 Å². The van der Waals surface area contributed by atoms with E-state index in [9.17, 15) is 18.4 Å². The van der Waals surface area contributed by atoms with Crippen LogP contribution >= 0.6 is 0 Å². The lowest BCUT2D eigenvalue weighted by molar-refractivity contribution is -0.122. The average molecular weight is 360 g/mol. The number of hydrogen-bond acceptors (Lipinski definition) is 3. The standard InChI is InChI=1S/C19H18F2N2O3/c1-10-3-6-17(26-2)16(7-10)23-19(25)13-9-12(13)18(24)22-15-5-4-11(20)8-14(15)21/h3-8,12-13H,9H2,1-2H3,(H,22,24)(H,23,25). The number of hydrogen-bond donors (Lipinski definition) is 2. The molecule has 0 aliphatic heterocycles. The molecule has 26 heavy (non-hydrogen) atoms. The van der Waals surface area contributed by atoms with Gasteiger partial charge >= 0.3 is 0 Å². The Morgan fingerprint density at radius 2 is 1.65 bits per heavy atom. The number of aryl methyl sites for hydroxylation is 1. The summed E-state index contributed by atoms with van der Waals surface area (Å²) in [5, 5.41) is 5.16. The van der Waals surface area contributed by atoms with Crippen LogP contribution in [-0.2, 0) is 9.59 Å². The Balaban J connectivity index is 1.62. The maximum absolute atomic E-state index is 13.6. The highest BCUT2D eigenvalue weighted by Gasteiger charge is 2.48. The van der Waals surface area contributed by atoms with Gasteiger partial charge in [-0.3, -0.25) is 9.59 Å². The lowest BCUT2D eigenvalue weighted by atomic mass is 10.2. The lowest BCUT2D eigenvalue weighted by Crippen LogP contribution is -2.21. The van der Waals surface area contributed by atoms with Crippen molar-refractivity contribution in [2.24, 2.45) is 11.8 Å². The molecule has 1 aliphatic rings. The van der Waals surface area contributed by atoms with Crippen LogP contribution in [0.3, 0.4) is 0 Å². The number of halogens is 2. The molecular formula is C19H18F2N2O3. The molecule has 1 saturated carbocycles. The molecule has 0 aromatic heterocycles. The van der Waals surface area contributed by atoms with Crippen molar-refractivity contribution in [1.29, 1.82) is 0 Å².